The fraction of sp³-hybridized carbons (Fsp3) is 0.200. The van der Waals surface area contributed by atoms with Crippen LogP contribution in [0.5, 0.6) is 0 Å². The minimum atomic E-state index is -0.535. The summed E-state index contributed by atoms with van der Waals surface area (Å²) in [6.45, 7) is 1.62. The zero-order valence-electron chi connectivity index (χ0n) is 5.60. The minimum Gasteiger partial charge on any atom is -0.258 e. The van der Waals surface area contributed by atoms with Crippen LogP contribution in [0.25, 0.3) is 0 Å². The van der Waals surface area contributed by atoms with Crippen molar-refractivity contribution in [2.24, 2.45) is 5.18 Å². The maximum absolute atomic E-state index is 10.2. The van der Waals surface area contributed by atoms with Crippen LogP contribution in [0.3, 0.4) is 0 Å². The highest BCUT2D eigenvalue weighted by Gasteiger charge is 2.13. The van der Waals surface area contributed by atoms with Gasteiger partial charge in [0.15, 0.2) is 0 Å². The number of aryl methyl sites for hydroxylation is 1. The second-order valence-electron chi connectivity index (χ2n) is 1.87. The number of nitroso groups, excluding NO2 is 1. The normalized spacial score (nSPS) is 9.55. The zero-order chi connectivity index (χ0) is 8.43. The monoisotopic (exact) mass is 172 g/mol. The summed E-state index contributed by atoms with van der Waals surface area (Å²) in [4.78, 5) is 20.2. The van der Waals surface area contributed by atoms with Crippen molar-refractivity contribution in [3.63, 3.8) is 0 Å². The summed E-state index contributed by atoms with van der Waals surface area (Å²) in [6, 6.07) is 1.17. The SMILES string of the molecule is Cc1sc([N+](=O)[O-])cc1N=O. The standard InChI is InChI=1S/C5H4N2O3S/c1-3-4(6-8)2-5(11-3)7(9)10/h2H,1H3. The van der Waals surface area contributed by atoms with Crippen LogP contribution in [-0.2, 0) is 0 Å². The average Bonchev–Trinajstić information content (AvgIpc) is 2.31. The smallest absolute Gasteiger partial charge is 0.258 e. The number of rotatable bonds is 2. The Hall–Kier alpha value is -1.30. The molecule has 5 nitrogen and oxygen atoms in total. The third-order valence-corrected chi connectivity index (χ3v) is 2.15. The van der Waals surface area contributed by atoms with Crippen LogP contribution in [0.1, 0.15) is 4.88 Å². The Balaban J connectivity index is 3.14. The number of hydrogen-bond acceptors (Lipinski definition) is 5. The Morgan fingerprint density at radius 1 is 1.73 bits per heavy atom. The Kier molecular flexibility index (Phi) is 1.95. The molecule has 0 fully saturated rings. The van der Waals surface area contributed by atoms with Crippen molar-refractivity contribution >= 4 is 22.0 Å². The van der Waals surface area contributed by atoms with Crippen LogP contribution in [0.15, 0.2) is 11.2 Å². The lowest BCUT2D eigenvalue weighted by molar-refractivity contribution is -0.380. The van der Waals surface area contributed by atoms with Gasteiger partial charge in [0.05, 0.1) is 11.0 Å². The van der Waals surface area contributed by atoms with Crippen molar-refractivity contribution < 1.29 is 4.92 Å². The third-order valence-electron chi connectivity index (χ3n) is 1.16. The Morgan fingerprint density at radius 3 is 2.64 bits per heavy atom. The van der Waals surface area contributed by atoms with Crippen molar-refractivity contribution in [3.8, 4) is 0 Å². The highest BCUT2D eigenvalue weighted by molar-refractivity contribution is 7.15. The molecule has 0 atom stereocenters. The Labute approximate surface area is 65.8 Å². The molecule has 0 spiro atoms. The molecular weight excluding hydrogens is 168 g/mol. The molecule has 58 valence electrons. The molecule has 0 unspecified atom stereocenters. The van der Waals surface area contributed by atoms with E-state index < -0.39 is 4.92 Å². The summed E-state index contributed by atoms with van der Waals surface area (Å²) in [5.41, 5.74) is 0.154. The van der Waals surface area contributed by atoms with Crippen molar-refractivity contribution in [1.82, 2.24) is 0 Å². The largest absolute Gasteiger partial charge is 0.326 e. The van der Waals surface area contributed by atoms with Crippen molar-refractivity contribution in [1.29, 1.82) is 0 Å². The van der Waals surface area contributed by atoms with E-state index in [1.165, 1.54) is 6.07 Å². The predicted molar refractivity (Wildman–Crippen MR) is 41.2 cm³/mol. The maximum Gasteiger partial charge on any atom is 0.326 e. The van der Waals surface area contributed by atoms with E-state index in [9.17, 15) is 15.0 Å². The van der Waals surface area contributed by atoms with Gasteiger partial charge in [-0.2, -0.15) is 0 Å². The summed E-state index contributed by atoms with van der Waals surface area (Å²) in [5.74, 6) is 0. The van der Waals surface area contributed by atoms with Crippen LogP contribution in [-0.4, -0.2) is 4.92 Å². The predicted octanol–water partition coefficient (Wildman–Crippen LogP) is 2.36. The van der Waals surface area contributed by atoms with Gasteiger partial charge in [-0.3, -0.25) is 10.1 Å². The van der Waals surface area contributed by atoms with Gasteiger partial charge in [0.1, 0.15) is 5.69 Å². The number of nitrogens with zero attached hydrogens (tertiary/aromatic N) is 2. The van der Waals surface area contributed by atoms with E-state index in [1.54, 1.807) is 6.92 Å². The van der Waals surface area contributed by atoms with E-state index in [1.807, 2.05) is 0 Å². The lowest BCUT2D eigenvalue weighted by Gasteiger charge is -1.77. The first-order chi connectivity index (χ1) is 5.15. The second-order valence-corrected chi connectivity index (χ2v) is 3.11. The first-order valence-electron chi connectivity index (χ1n) is 2.73. The van der Waals surface area contributed by atoms with Gasteiger partial charge in [-0.05, 0) is 12.1 Å². The molecule has 0 aromatic carbocycles. The lowest BCUT2D eigenvalue weighted by atomic mass is 10.4. The molecule has 0 aliphatic rings. The Bertz CT molecular complexity index is 307. The van der Waals surface area contributed by atoms with Crippen molar-refractivity contribution in [2.75, 3.05) is 0 Å². The molecule has 0 radical (unpaired) electrons. The zero-order valence-corrected chi connectivity index (χ0v) is 6.42. The van der Waals surface area contributed by atoms with Crippen molar-refractivity contribution in [2.45, 2.75) is 6.92 Å². The van der Waals surface area contributed by atoms with E-state index in [2.05, 4.69) is 5.18 Å². The molecule has 0 aliphatic heterocycles. The molecule has 1 aromatic rings. The number of thiophene rings is 1. The van der Waals surface area contributed by atoms with Crippen molar-refractivity contribution in [3.05, 3.63) is 26.0 Å². The molecule has 0 bridgehead atoms. The van der Waals surface area contributed by atoms with E-state index in [0.717, 1.165) is 11.3 Å². The minimum absolute atomic E-state index is 0.0444. The van der Waals surface area contributed by atoms with E-state index >= 15 is 0 Å². The van der Waals surface area contributed by atoms with E-state index in [4.69, 9.17) is 0 Å². The van der Waals surface area contributed by atoms with Crippen LogP contribution in [0.4, 0.5) is 10.7 Å². The van der Waals surface area contributed by atoms with Gasteiger partial charge in [-0.25, -0.2) is 0 Å². The molecule has 0 saturated carbocycles. The van der Waals surface area contributed by atoms with E-state index in [-0.39, 0.29) is 10.7 Å². The van der Waals surface area contributed by atoms with Crippen LogP contribution >= 0.6 is 11.3 Å². The highest BCUT2D eigenvalue weighted by Crippen LogP contribution is 2.33. The van der Waals surface area contributed by atoms with Gasteiger partial charge in [0.2, 0.25) is 0 Å². The van der Waals surface area contributed by atoms with Crippen LogP contribution in [0.2, 0.25) is 0 Å². The fourth-order valence-corrected chi connectivity index (χ4v) is 1.40. The van der Waals surface area contributed by atoms with Gasteiger partial charge >= 0.3 is 5.00 Å². The van der Waals surface area contributed by atoms with Gasteiger partial charge in [-0.1, -0.05) is 11.3 Å². The molecule has 1 aromatic heterocycles. The summed E-state index contributed by atoms with van der Waals surface area (Å²) in [6.07, 6.45) is 0. The summed E-state index contributed by atoms with van der Waals surface area (Å²) in [7, 11) is 0. The van der Waals surface area contributed by atoms with Crippen LogP contribution < -0.4 is 0 Å². The summed E-state index contributed by atoms with van der Waals surface area (Å²) >= 11 is 0.954. The lowest BCUT2D eigenvalue weighted by Crippen LogP contribution is -1.80. The van der Waals surface area contributed by atoms with Crippen LogP contribution in [0, 0.1) is 21.9 Å². The maximum atomic E-state index is 10.2. The second kappa shape index (κ2) is 2.75. The molecule has 1 rings (SSSR count). The molecule has 1 heterocycles. The third kappa shape index (κ3) is 1.40. The first-order valence-corrected chi connectivity index (χ1v) is 3.55. The average molecular weight is 172 g/mol. The van der Waals surface area contributed by atoms with Gasteiger partial charge < -0.3 is 0 Å². The Morgan fingerprint density at radius 2 is 2.36 bits per heavy atom. The molecule has 6 heteroatoms. The first kappa shape index (κ1) is 7.80. The fourth-order valence-electron chi connectivity index (χ4n) is 0.638. The van der Waals surface area contributed by atoms with Gasteiger partial charge in [-0.15, -0.1) is 4.91 Å². The van der Waals surface area contributed by atoms with Gasteiger partial charge in [0, 0.05) is 4.88 Å². The molecule has 0 N–H and O–H groups in total. The number of nitro groups is 1. The highest BCUT2D eigenvalue weighted by atomic mass is 32.1. The molecule has 0 aliphatic carbocycles. The molecule has 0 amide bonds. The quantitative estimate of drug-likeness (QED) is 0.390. The summed E-state index contributed by atoms with van der Waals surface area (Å²) in [5, 5.41) is 12.7. The molecule has 0 saturated heterocycles. The summed E-state index contributed by atoms with van der Waals surface area (Å²) < 4.78 is 0. The number of hydrogen-bond donors (Lipinski definition) is 0. The topological polar surface area (TPSA) is 72.6 Å². The van der Waals surface area contributed by atoms with Gasteiger partial charge in [0.25, 0.3) is 0 Å². The molecular formula is C5H4N2O3S. The van der Waals surface area contributed by atoms with E-state index in [0.29, 0.717) is 4.88 Å². The molecule has 11 heavy (non-hydrogen) atoms.